The van der Waals surface area contributed by atoms with Crippen molar-refractivity contribution in [3.63, 3.8) is 0 Å². The molecule has 6 heteroatoms. The van der Waals surface area contributed by atoms with Gasteiger partial charge in [0.1, 0.15) is 5.82 Å². The molecular weight excluding hydrogens is 258 g/mol. The first-order chi connectivity index (χ1) is 9.24. The molecule has 0 unspecified atom stereocenters. The van der Waals surface area contributed by atoms with Gasteiger partial charge in [0.2, 0.25) is 5.95 Å². The molecule has 0 aliphatic carbocycles. The number of nitrogens with two attached hydrogens (primary N) is 2. The molecule has 0 aliphatic rings. The van der Waals surface area contributed by atoms with Gasteiger partial charge in [-0.1, -0.05) is 6.07 Å². The molecule has 0 spiro atoms. The Morgan fingerprint density at radius 3 is 2.47 bits per heavy atom. The average molecular weight is 269 g/mol. The molecule has 94 valence electrons. The van der Waals surface area contributed by atoms with Crippen LogP contribution in [0.15, 0.2) is 41.4 Å². The zero-order valence-corrected chi connectivity index (χ0v) is 10.8. The molecule has 3 aromatic heterocycles. The summed E-state index contributed by atoms with van der Waals surface area (Å²) in [6, 6.07) is 5.96. The molecule has 0 amide bonds. The fourth-order valence-electron chi connectivity index (χ4n) is 1.76. The SMILES string of the molecule is Nc1ncc(-c2ccc(-c3ccsc3)cn2)c(N)n1. The predicted molar refractivity (Wildman–Crippen MR) is 77.4 cm³/mol. The Morgan fingerprint density at radius 2 is 1.84 bits per heavy atom. The van der Waals surface area contributed by atoms with Crippen LogP contribution in [0.3, 0.4) is 0 Å². The van der Waals surface area contributed by atoms with Gasteiger partial charge < -0.3 is 11.5 Å². The zero-order chi connectivity index (χ0) is 13.2. The van der Waals surface area contributed by atoms with E-state index in [1.54, 1.807) is 17.5 Å². The van der Waals surface area contributed by atoms with Gasteiger partial charge in [-0.15, -0.1) is 0 Å². The third-order valence-electron chi connectivity index (χ3n) is 2.73. The second-order valence-corrected chi connectivity index (χ2v) is 4.75. The lowest BCUT2D eigenvalue weighted by Crippen LogP contribution is -2.01. The Labute approximate surface area is 114 Å². The lowest BCUT2D eigenvalue weighted by Gasteiger charge is -2.05. The highest BCUT2D eigenvalue weighted by Gasteiger charge is 2.07. The number of anilines is 2. The summed E-state index contributed by atoms with van der Waals surface area (Å²) in [6.07, 6.45) is 3.40. The van der Waals surface area contributed by atoms with E-state index in [4.69, 9.17) is 11.5 Å². The zero-order valence-electron chi connectivity index (χ0n) is 9.95. The van der Waals surface area contributed by atoms with Crippen molar-refractivity contribution < 1.29 is 0 Å². The third kappa shape index (κ3) is 2.25. The molecule has 0 aliphatic heterocycles. The quantitative estimate of drug-likeness (QED) is 0.745. The van der Waals surface area contributed by atoms with Crippen molar-refractivity contribution in [2.75, 3.05) is 11.5 Å². The number of hydrogen-bond acceptors (Lipinski definition) is 6. The van der Waals surface area contributed by atoms with Crippen molar-refractivity contribution in [3.8, 4) is 22.4 Å². The van der Waals surface area contributed by atoms with Crippen molar-refractivity contribution in [1.82, 2.24) is 15.0 Å². The van der Waals surface area contributed by atoms with E-state index in [1.807, 2.05) is 23.7 Å². The summed E-state index contributed by atoms with van der Waals surface area (Å²) in [5.74, 6) is 0.499. The highest BCUT2D eigenvalue weighted by molar-refractivity contribution is 7.08. The Balaban J connectivity index is 1.98. The van der Waals surface area contributed by atoms with Crippen LogP contribution in [0, 0.1) is 0 Å². The summed E-state index contributed by atoms with van der Waals surface area (Å²) in [6.45, 7) is 0. The molecule has 0 aromatic carbocycles. The monoisotopic (exact) mass is 269 g/mol. The lowest BCUT2D eigenvalue weighted by molar-refractivity contribution is 1.18. The van der Waals surface area contributed by atoms with Crippen LogP contribution in [0.5, 0.6) is 0 Å². The Hall–Kier alpha value is -2.47. The van der Waals surface area contributed by atoms with E-state index in [9.17, 15) is 0 Å². The molecule has 3 heterocycles. The molecule has 0 radical (unpaired) electrons. The maximum Gasteiger partial charge on any atom is 0.221 e. The van der Waals surface area contributed by atoms with Gasteiger partial charge in [-0.25, -0.2) is 4.98 Å². The van der Waals surface area contributed by atoms with Crippen LogP contribution in [0.25, 0.3) is 22.4 Å². The number of aromatic nitrogens is 3. The van der Waals surface area contributed by atoms with E-state index in [0.29, 0.717) is 11.4 Å². The molecule has 0 atom stereocenters. The van der Waals surface area contributed by atoms with E-state index >= 15 is 0 Å². The topological polar surface area (TPSA) is 90.7 Å². The highest BCUT2D eigenvalue weighted by atomic mass is 32.1. The largest absolute Gasteiger partial charge is 0.383 e. The maximum atomic E-state index is 5.82. The van der Waals surface area contributed by atoms with Crippen LogP contribution < -0.4 is 11.5 Å². The molecule has 0 bridgehead atoms. The van der Waals surface area contributed by atoms with E-state index in [2.05, 4.69) is 26.4 Å². The molecule has 0 saturated heterocycles. The van der Waals surface area contributed by atoms with E-state index < -0.39 is 0 Å². The summed E-state index contributed by atoms with van der Waals surface area (Å²) in [5.41, 5.74) is 14.9. The van der Waals surface area contributed by atoms with Gasteiger partial charge in [-0.05, 0) is 28.5 Å². The number of rotatable bonds is 2. The van der Waals surface area contributed by atoms with Crippen LogP contribution in [0.2, 0.25) is 0 Å². The van der Waals surface area contributed by atoms with Gasteiger partial charge in [0.05, 0.1) is 11.3 Å². The maximum absolute atomic E-state index is 5.82. The first-order valence-electron chi connectivity index (χ1n) is 5.61. The van der Waals surface area contributed by atoms with E-state index in [0.717, 1.165) is 16.8 Å². The summed E-state index contributed by atoms with van der Waals surface area (Å²) in [7, 11) is 0. The van der Waals surface area contributed by atoms with Crippen LogP contribution in [0.1, 0.15) is 0 Å². The predicted octanol–water partition coefficient (Wildman–Crippen LogP) is 2.43. The molecule has 0 fully saturated rings. The number of nitrogens with zero attached hydrogens (tertiary/aromatic N) is 3. The minimum atomic E-state index is 0.163. The van der Waals surface area contributed by atoms with E-state index in [1.165, 1.54) is 0 Å². The number of hydrogen-bond donors (Lipinski definition) is 2. The minimum Gasteiger partial charge on any atom is -0.383 e. The number of thiophene rings is 1. The summed E-state index contributed by atoms with van der Waals surface area (Å²) in [5, 5.41) is 4.12. The fourth-order valence-corrected chi connectivity index (χ4v) is 2.42. The molecule has 4 N–H and O–H groups in total. The Kier molecular flexibility index (Phi) is 2.85. The van der Waals surface area contributed by atoms with Crippen LogP contribution in [0.4, 0.5) is 11.8 Å². The molecule has 5 nitrogen and oxygen atoms in total. The van der Waals surface area contributed by atoms with Crippen LogP contribution >= 0.6 is 11.3 Å². The van der Waals surface area contributed by atoms with Crippen molar-refractivity contribution in [1.29, 1.82) is 0 Å². The number of nitrogen functional groups attached to an aromatic ring is 2. The minimum absolute atomic E-state index is 0.163. The smallest absolute Gasteiger partial charge is 0.221 e. The average Bonchev–Trinajstić information content (AvgIpc) is 2.93. The van der Waals surface area contributed by atoms with Gasteiger partial charge in [0, 0.05) is 18.0 Å². The van der Waals surface area contributed by atoms with Gasteiger partial charge in [-0.2, -0.15) is 16.3 Å². The summed E-state index contributed by atoms with van der Waals surface area (Å²) in [4.78, 5) is 12.3. The lowest BCUT2D eigenvalue weighted by atomic mass is 10.1. The molecule has 3 aromatic rings. The van der Waals surface area contributed by atoms with Crippen molar-refractivity contribution in [2.24, 2.45) is 0 Å². The van der Waals surface area contributed by atoms with Crippen molar-refractivity contribution in [2.45, 2.75) is 0 Å². The van der Waals surface area contributed by atoms with Crippen molar-refractivity contribution in [3.05, 3.63) is 41.4 Å². The Morgan fingerprint density at radius 1 is 0.947 bits per heavy atom. The Bertz CT molecular complexity index is 692. The van der Waals surface area contributed by atoms with Crippen LogP contribution in [-0.4, -0.2) is 15.0 Å². The summed E-state index contributed by atoms with van der Waals surface area (Å²) < 4.78 is 0. The normalized spacial score (nSPS) is 10.5. The second kappa shape index (κ2) is 4.66. The fraction of sp³-hybridized carbons (Fsp3) is 0. The van der Waals surface area contributed by atoms with Gasteiger partial charge in [-0.3, -0.25) is 4.98 Å². The number of pyridine rings is 1. The van der Waals surface area contributed by atoms with Gasteiger partial charge >= 0.3 is 0 Å². The first-order valence-corrected chi connectivity index (χ1v) is 6.55. The summed E-state index contributed by atoms with van der Waals surface area (Å²) >= 11 is 1.66. The standard InChI is InChI=1S/C13H11N5S/c14-12-10(6-17-13(15)18-12)11-2-1-8(5-16-11)9-3-4-19-7-9/h1-7H,(H4,14,15,17,18). The van der Waals surface area contributed by atoms with Crippen molar-refractivity contribution >= 4 is 23.1 Å². The molecule has 0 saturated carbocycles. The van der Waals surface area contributed by atoms with Gasteiger partial charge in [0.15, 0.2) is 0 Å². The van der Waals surface area contributed by atoms with Crippen LogP contribution in [-0.2, 0) is 0 Å². The highest BCUT2D eigenvalue weighted by Crippen LogP contribution is 2.26. The van der Waals surface area contributed by atoms with E-state index in [-0.39, 0.29) is 5.95 Å². The molecule has 19 heavy (non-hydrogen) atoms. The first kappa shape index (κ1) is 11.6. The molecular formula is C13H11N5S. The second-order valence-electron chi connectivity index (χ2n) is 3.97. The molecule has 3 rings (SSSR count). The third-order valence-corrected chi connectivity index (χ3v) is 3.41. The van der Waals surface area contributed by atoms with Gasteiger partial charge in [0.25, 0.3) is 0 Å².